The van der Waals surface area contributed by atoms with Crippen LogP contribution in [0, 0.1) is 0 Å². The Morgan fingerprint density at radius 3 is 2.62 bits per heavy atom. The lowest BCUT2D eigenvalue weighted by Crippen LogP contribution is -2.23. The van der Waals surface area contributed by atoms with E-state index >= 15 is 0 Å². The van der Waals surface area contributed by atoms with E-state index in [1.165, 1.54) is 22.4 Å². The summed E-state index contributed by atoms with van der Waals surface area (Å²) in [4.78, 5) is 42.8. The van der Waals surface area contributed by atoms with Gasteiger partial charge in [-0.2, -0.15) is 0 Å². The maximum atomic E-state index is 12.9. The molecule has 1 amide bonds. The van der Waals surface area contributed by atoms with Crippen molar-refractivity contribution >= 4 is 46.1 Å². The fourth-order valence-electron chi connectivity index (χ4n) is 3.61. The zero-order chi connectivity index (χ0) is 26.2. The first-order chi connectivity index (χ1) is 18.0. The maximum Gasteiger partial charge on any atom is 0.262 e. The topological polar surface area (TPSA) is 90.3 Å². The molecule has 0 radical (unpaired) electrons. The summed E-state index contributed by atoms with van der Waals surface area (Å²) in [6.45, 7) is 4.00. The number of fused-ring (bicyclic) bond motifs is 1. The lowest BCUT2D eigenvalue weighted by atomic mass is 10.1. The SMILES string of the molecule is C=CCn1c(SCC(=O)Nc2cccc(C(=O)/C=C/c3ccc(OC)cc3)c2)nc2ccccc2c1=O. The molecule has 3 aromatic carbocycles. The van der Waals surface area contributed by atoms with Crippen LogP contribution in [0.3, 0.4) is 0 Å². The zero-order valence-electron chi connectivity index (χ0n) is 20.2. The van der Waals surface area contributed by atoms with E-state index in [4.69, 9.17) is 4.74 Å². The van der Waals surface area contributed by atoms with Gasteiger partial charge in [0.15, 0.2) is 10.9 Å². The minimum absolute atomic E-state index is 0.0392. The average molecular weight is 512 g/mol. The number of ketones is 1. The second-order valence-corrected chi connectivity index (χ2v) is 8.95. The number of nitrogens with one attached hydrogen (secondary N) is 1. The Kier molecular flexibility index (Phi) is 8.33. The molecule has 4 aromatic rings. The van der Waals surface area contributed by atoms with Gasteiger partial charge >= 0.3 is 0 Å². The first kappa shape index (κ1) is 25.7. The molecular formula is C29H25N3O4S. The van der Waals surface area contributed by atoms with Crippen LogP contribution in [0.4, 0.5) is 5.69 Å². The number of rotatable bonds is 10. The molecule has 0 saturated heterocycles. The second kappa shape index (κ2) is 12.0. The van der Waals surface area contributed by atoms with Crippen LogP contribution >= 0.6 is 11.8 Å². The molecule has 1 N–H and O–H groups in total. The maximum absolute atomic E-state index is 12.9. The van der Waals surface area contributed by atoms with E-state index in [0.29, 0.717) is 27.3 Å². The lowest BCUT2D eigenvalue weighted by molar-refractivity contribution is -0.113. The summed E-state index contributed by atoms with van der Waals surface area (Å²) in [5.41, 5.74) is 2.22. The molecule has 0 aliphatic carbocycles. The Balaban J connectivity index is 1.42. The molecule has 0 aliphatic rings. The number of allylic oxidation sites excluding steroid dienone is 2. The fourth-order valence-corrected chi connectivity index (χ4v) is 4.42. The van der Waals surface area contributed by atoms with Crippen molar-refractivity contribution < 1.29 is 14.3 Å². The van der Waals surface area contributed by atoms with E-state index in [-0.39, 0.29) is 29.5 Å². The van der Waals surface area contributed by atoms with Gasteiger partial charge in [0.2, 0.25) is 5.91 Å². The monoisotopic (exact) mass is 511 g/mol. The Labute approximate surface area is 218 Å². The van der Waals surface area contributed by atoms with Gasteiger partial charge in [-0.15, -0.1) is 6.58 Å². The predicted octanol–water partition coefficient (Wildman–Crippen LogP) is 5.22. The summed E-state index contributed by atoms with van der Waals surface area (Å²) in [5, 5.41) is 3.76. The standard InChI is InChI=1S/C29H25N3O4S/c1-3-17-32-28(35)24-9-4-5-10-25(24)31-29(32)37-19-27(34)30-22-8-6-7-21(18-22)26(33)16-13-20-11-14-23(36-2)15-12-20/h3-16,18H,1,17,19H2,2H3,(H,30,34)/b16-13+. The third-order valence-corrected chi connectivity index (χ3v) is 6.42. The molecule has 0 atom stereocenters. The second-order valence-electron chi connectivity index (χ2n) is 8.00. The number of para-hydroxylation sites is 1. The molecule has 0 aliphatic heterocycles. The summed E-state index contributed by atoms with van der Waals surface area (Å²) in [6, 6.07) is 21.2. The van der Waals surface area contributed by atoms with Gasteiger partial charge in [-0.25, -0.2) is 4.98 Å². The highest BCUT2D eigenvalue weighted by molar-refractivity contribution is 7.99. The molecule has 0 saturated carbocycles. The smallest absolute Gasteiger partial charge is 0.262 e. The fraction of sp³-hybridized carbons (Fsp3) is 0.103. The number of anilines is 1. The Morgan fingerprint density at radius 2 is 1.86 bits per heavy atom. The summed E-state index contributed by atoms with van der Waals surface area (Å²) in [7, 11) is 1.60. The molecule has 0 spiro atoms. The van der Waals surface area contributed by atoms with Crippen LogP contribution in [-0.2, 0) is 11.3 Å². The highest BCUT2D eigenvalue weighted by Gasteiger charge is 2.13. The quantitative estimate of drug-likeness (QED) is 0.103. The number of carbonyl (C=O) groups is 2. The number of hydrogen-bond acceptors (Lipinski definition) is 6. The van der Waals surface area contributed by atoms with Crippen molar-refractivity contribution in [3.63, 3.8) is 0 Å². The number of carbonyl (C=O) groups excluding carboxylic acids is 2. The van der Waals surface area contributed by atoms with Crippen molar-refractivity contribution in [3.8, 4) is 5.75 Å². The van der Waals surface area contributed by atoms with E-state index in [9.17, 15) is 14.4 Å². The predicted molar refractivity (Wildman–Crippen MR) is 148 cm³/mol. The highest BCUT2D eigenvalue weighted by Crippen LogP contribution is 2.19. The molecular weight excluding hydrogens is 486 g/mol. The van der Waals surface area contributed by atoms with E-state index in [0.717, 1.165) is 11.3 Å². The van der Waals surface area contributed by atoms with Crippen molar-refractivity contribution in [1.82, 2.24) is 9.55 Å². The van der Waals surface area contributed by atoms with Crippen molar-refractivity contribution in [3.05, 3.63) is 113 Å². The Morgan fingerprint density at radius 1 is 1.08 bits per heavy atom. The van der Waals surface area contributed by atoms with Crippen LogP contribution < -0.4 is 15.6 Å². The van der Waals surface area contributed by atoms with Crippen LogP contribution in [0.1, 0.15) is 15.9 Å². The molecule has 8 heteroatoms. The minimum atomic E-state index is -0.282. The van der Waals surface area contributed by atoms with Gasteiger partial charge in [-0.1, -0.05) is 60.3 Å². The number of aromatic nitrogens is 2. The number of benzene rings is 3. The van der Waals surface area contributed by atoms with Crippen molar-refractivity contribution in [2.75, 3.05) is 18.2 Å². The van der Waals surface area contributed by atoms with Crippen LogP contribution in [-0.4, -0.2) is 34.1 Å². The number of nitrogens with zero attached hydrogens (tertiary/aromatic N) is 2. The van der Waals surface area contributed by atoms with Crippen LogP contribution in [0.15, 0.2) is 101 Å². The van der Waals surface area contributed by atoms with Crippen molar-refractivity contribution in [2.45, 2.75) is 11.7 Å². The van der Waals surface area contributed by atoms with Crippen molar-refractivity contribution in [1.29, 1.82) is 0 Å². The molecule has 4 rings (SSSR count). The average Bonchev–Trinajstić information content (AvgIpc) is 2.93. The number of methoxy groups -OCH3 is 1. The van der Waals surface area contributed by atoms with Gasteiger partial charge < -0.3 is 10.1 Å². The number of hydrogen-bond donors (Lipinski definition) is 1. The molecule has 0 unspecified atom stereocenters. The molecule has 1 aromatic heterocycles. The largest absolute Gasteiger partial charge is 0.497 e. The van der Waals surface area contributed by atoms with E-state index in [2.05, 4.69) is 16.9 Å². The van der Waals surface area contributed by atoms with Crippen LogP contribution in [0.2, 0.25) is 0 Å². The van der Waals surface area contributed by atoms with Crippen molar-refractivity contribution in [2.24, 2.45) is 0 Å². The summed E-state index contributed by atoms with van der Waals surface area (Å²) in [5.74, 6) is 0.314. The van der Waals surface area contributed by atoms with Crippen LogP contribution in [0.5, 0.6) is 5.75 Å². The minimum Gasteiger partial charge on any atom is -0.497 e. The first-order valence-corrected chi connectivity index (χ1v) is 12.5. The lowest BCUT2D eigenvalue weighted by Gasteiger charge is -2.11. The zero-order valence-corrected chi connectivity index (χ0v) is 21.0. The van der Waals surface area contributed by atoms with E-state index < -0.39 is 0 Å². The van der Waals surface area contributed by atoms with Gasteiger partial charge in [0.1, 0.15) is 5.75 Å². The van der Waals surface area contributed by atoms with Gasteiger partial charge in [0, 0.05) is 17.8 Å². The third-order valence-electron chi connectivity index (χ3n) is 5.44. The van der Waals surface area contributed by atoms with Gasteiger partial charge in [-0.05, 0) is 48.0 Å². The summed E-state index contributed by atoms with van der Waals surface area (Å²) in [6.07, 6.45) is 4.83. The van der Waals surface area contributed by atoms with Gasteiger partial charge in [0.05, 0.1) is 23.8 Å². The molecule has 1 heterocycles. The molecule has 7 nitrogen and oxygen atoms in total. The van der Waals surface area contributed by atoms with Crippen LogP contribution in [0.25, 0.3) is 17.0 Å². The molecule has 0 bridgehead atoms. The molecule has 0 fully saturated rings. The Hall–Kier alpha value is -4.43. The molecule has 186 valence electrons. The van der Waals surface area contributed by atoms with E-state index in [1.54, 1.807) is 61.7 Å². The Bertz CT molecular complexity index is 1540. The van der Waals surface area contributed by atoms with Gasteiger partial charge in [0.25, 0.3) is 5.56 Å². The number of ether oxygens (including phenoxy) is 1. The third kappa shape index (κ3) is 6.42. The van der Waals surface area contributed by atoms with E-state index in [1.807, 2.05) is 30.3 Å². The normalized spacial score (nSPS) is 10.9. The summed E-state index contributed by atoms with van der Waals surface area (Å²) < 4.78 is 6.64. The molecule has 37 heavy (non-hydrogen) atoms. The first-order valence-electron chi connectivity index (χ1n) is 11.5. The summed E-state index contributed by atoms with van der Waals surface area (Å²) >= 11 is 1.17. The van der Waals surface area contributed by atoms with Gasteiger partial charge in [-0.3, -0.25) is 19.0 Å². The number of amides is 1. The number of thioether (sulfide) groups is 1. The highest BCUT2D eigenvalue weighted by atomic mass is 32.2.